The predicted molar refractivity (Wildman–Crippen MR) is 96.6 cm³/mol. The lowest BCUT2D eigenvalue weighted by atomic mass is 9.83. The molecule has 4 heteroatoms. The first-order valence-electron chi connectivity index (χ1n) is 9.15. The van der Waals surface area contributed by atoms with Crippen LogP contribution in [0.5, 0.6) is 0 Å². The molecule has 0 aliphatic heterocycles. The fourth-order valence-electron chi connectivity index (χ4n) is 4.03. The number of Topliss-reactive ketones (excluding diaryl/α,β-unsaturated/α-hetero) is 1. The molecule has 134 valence electrons. The van der Waals surface area contributed by atoms with Crippen LogP contribution < -0.4 is 0 Å². The van der Waals surface area contributed by atoms with Gasteiger partial charge in [-0.15, -0.1) is 0 Å². The second-order valence-electron chi connectivity index (χ2n) is 7.52. The number of benzene rings is 2. The molecule has 3 nitrogen and oxygen atoms in total. The molecule has 0 atom stereocenters. The Morgan fingerprint density at radius 2 is 1.62 bits per heavy atom. The lowest BCUT2D eigenvalue weighted by molar-refractivity contribution is -0.140. The first-order chi connectivity index (χ1) is 12.5. The van der Waals surface area contributed by atoms with Crippen LogP contribution in [0, 0.1) is 5.82 Å². The highest BCUT2D eigenvalue weighted by Crippen LogP contribution is 2.49. The quantitative estimate of drug-likeness (QED) is 0.857. The summed E-state index contributed by atoms with van der Waals surface area (Å²) in [5.41, 5.74) is 2.15. The van der Waals surface area contributed by atoms with Crippen molar-refractivity contribution in [3.8, 4) is 11.1 Å². The normalized spacial score (nSPS) is 19.3. The van der Waals surface area contributed by atoms with E-state index in [2.05, 4.69) is 12.1 Å². The number of aliphatic carboxylic acids is 1. The van der Waals surface area contributed by atoms with Crippen LogP contribution in [0.25, 0.3) is 11.1 Å². The van der Waals surface area contributed by atoms with E-state index >= 15 is 0 Å². The molecule has 0 amide bonds. The van der Waals surface area contributed by atoms with Gasteiger partial charge >= 0.3 is 5.97 Å². The second-order valence-corrected chi connectivity index (χ2v) is 7.52. The Hall–Kier alpha value is -2.49. The summed E-state index contributed by atoms with van der Waals surface area (Å²) in [6.07, 6.45) is 4.11. The second kappa shape index (κ2) is 6.35. The maximum atomic E-state index is 14.5. The van der Waals surface area contributed by atoms with Crippen molar-refractivity contribution in [2.45, 2.75) is 49.9 Å². The zero-order chi connectivity index (χ0) is 18.3. The van der Waals surface area contributed by atoms with Gasteiger partial charge in [-0.3, -0.25) is 9.59 Å². The van der Waals surface area contributed by atoms with Crippen molar-refractivity contribution in [2.75, 3.05) is 0 Å². The summed E-state index contributed by atoms with van der Waals surface area (Å²) in [7, 11) is 0. The van der Waals surface area contributed by atoms with Gasteiger partial charge in [-0.05, 0) is 54.4 Å². The standard InChI is InChI=1S/C22H21FO3/c23-20-13-17(7-10-19(20)22(11-12-22)21(25)26)16-3-1-14(2-4-16)15-5-8-18(24)9-6-15/h1-4,7,10,13,15H,5-6,8-9,11-12H2,(H,25,26). The maximum Gasteiger partial charge on any atom is 0.314 e. The Labute approximate surface area is 151 Å². The molecule has 4 rings (SSSR count). The van der Waals surface area contributed by atoms with Crippen molar-refractivity contribution < 1.29 is 19.1 Å². The molecule has 0 heterocycles. The van der Waals surface area contributed by atoms with Crippen LogP contribution in [0.4, 0.5) is 4.39 Å². The SMILES string of the molecule is O=C1CCC(c2ccc(-c3ccc(C4(C(=O)O)CC4)c(F)c3)cc2)CC1. The monoisotopic (exact) mass is 352 g/mol. The van der Waals surface area contributed by atoms with Crippen LogP contribution in [0.15, 0.2) is 42.5 Å². The molecule has 0 radical (unpaired) electrons. The van der Waals surface area contributed by atoms with E-state index in [1.54, 1.807) is 12.1 Å². The molecular formula is C22H21FO3. The number of carboxylic acids is 1. The van der Waals surface area contributed by atoms with Gasteiger partial charge in [0.15, 0.2) is 0 Å². The van der Waals surface area contributed by atoms with E-state index in [9.17, 15) is 19.1 Å². The van der Waals surface area contributed by atoms with Crippen LogP contribution in [0.2, 0.25) is 0 Å². The van der Waals surface area contributed by atoms with E-state index < -0.39 is 17.2 Å². The van der Waals surface area contributed by atoms with E-state index in [0.717, 1.165) is 24.0 Å². The highest BCUT2D eigenvalue weighted by molar-refractivity contribution is 5.85. The summed E-state index contributed by atoms with van der Waals surface area (Å²) >= 11 is 0. The van der Waals surface area contributed by atoms with Crippen LogP contribution in [-0.2, 0) is 15.0 Å². The number of rotatable bonds is 4. The van der Waals surface area contributed by atoms with Crippen molar-refractivity contribution in [3.63, 3.8) is 0 Å². The third-order valence-corrected chi connectivity index (χ3v) is 5.90. The summed E-state index contributed by atoms with van der Waals surface area (Å²) in [6, 6.07) is 12.9. The van der Waals surface area contributed by atoms with Gasteiger partial charge in [0, 0.05) is 18.4 Å². The smallest absolute Gasteiger partial charge is 0.314 e. The minimum atomic E-state index is -1.02. The highest BCUT2D eigenvalue weighted by atomic mass is 19.1. The molecule has 0 unspecified atom stereocenters. The van der Waals surface area contributed by atoms with Gasteiger partial charge in [0.05, 0.1) is 5.41 Å². The third-order valence-electron chi connectivity index (χ3n) is 5.90. The summed E-state index contributed by atoms with van der Waals surface area (Å²) in [4.78, 5) is 22.8. The van der Waals surface area contributed by atoms with Crippen LogP contribution >= 0.6 is 0 Å². The van der Waals surface area contributed by atoms with Gasteiger partial charge in [-0.1, -0.05) is 36.4 Å². The number of hydrogen-bond acceptors (Lipinski definition) is 2. The van der Waals surface area contributed by atoms with E-state index in [0.29, 0.717) is 37.4 Å². The minimum absolute atomic E-state index is 0.289. The molecule has 1 N–H and O–H groups in total. The van der Waals surface area contributed by atoms with Gasteiger partial charge < -0.3 is 5.11 Å². The molecule has 0 aromatic heterocycles. The average Bonchev–Trinajstić information content (AvgIpc) is 3.44. The zero-order valence-corrected chi connectivity index (χ0v) is 14.5. The van der Waals surface area contributed by atoms with Crippen molar-refractivity contribution in [3.05, 3.63) is 59.4 Å². The fraction of sp³-hybridized carbons (Fsp3) is 0.364. The molecule has 0 bridgehead atoms. The summed E-state index contributed by atoms with van der Waals surface area (Å²) in [6.45, 7) is 0. The molecular weight excluding hydrogens is 331 g/mol. The summed E-state index contributed by atoms with van der Waals surface area (Å²) < 4.78 is 14.5. The lowest BCUT2D eigenvalue weighted by Crippen LogP contribution is -2.20. The Kier molecular flexibility index (Phi) is 4.14. The Bertz CT molecular complexity index is 855. The first kappa shape index (κ1) is 17.0. The molecule has 2 saturated carbocycles. The van der Waals surface area contributed by atoms with Gasteiger partial charge in [-0.25, -0.2) is 4.39 Å². The maximum absolute atomic E-state index is 14.5. The van der Waals surface area contributed by atoms with Crippen molar-refractivity contribution in [1.82, 2.24) is 0 Å². The Balaban J connectivity index is 1.55. The molecule has 0 spiro atoms. The van der Waals surface area contributed by atoms with Gasteiger partial charge in [-0.2, -0.15) is 0 Å². The molecule has 0 saturated heterocycles. The largest absolute Gasteiger partial charge is 0.481 e. The van der Waals surface area contributed by atoms with Gasteiger partial charge in [0.2, 0.25) is 0 Å². The topological polar surface area (TPSA) is 54.4 Å². The number of hydrogen-bond donors (Lipinski definition) is 1. The number of halogens is 1. The van der Waals surface area contributed by atoms with E-state index in [4.69, 9.17) is 0 Å². The number of carbonyl (C=O) groups excluding carboxylic acids is 1. The van der Waals surface area contributed by atoms with Crippen LogP contribution in [0.3, 0.4) is 0 Å². The first-order valence-corrected chi connectivity index (χ1v) is 9.15. The van der Waals surface area contributed by atoms with Gasteiger partial charge in [0.25, 0.3) is 0 Å². The van der Waals surface area contributed by atoms with Gasteiger partial charge in [0.1, 0.15) is 11.6 Å². The Morgan fingerprint density at radius 3 is 2.15 bits per heavy atom. The van der Waals surface area contributed by atoms with Crippen LogP contribution in [-0.4, -0.2) is 16.9 Å². The lowest BCUT2D eigenvalue weighted by Gasteiger charge is -2.21. The number of carboxylic acid groups (broad SMARTS) is 1. The summed E-state index contributed by atoms with van der Waals surface area (Å²) in [5.74, 6) is -0.619. The molecule has 2 aromatic rings. The van der Waals surface area contributed by atoms with Crippen molar-refractivity contribution in [1.29, 1.82) is 0 Å². The molecule has 2 aliphatic carbocycles. The minimum Gasteiger partial charge on any atom is -0.481 e. The van der Waals surface area contributed by atoms with E-state index in [1.807, 2.05) is 12.1 Å². The Morgan fingerprint density at radius 1 is 1.00 bits per heavy atom. The van der Waals surface area contributed by atoms with E-state index in [1.165, 1.54) is 11.6 Å². The van der Waals surface area contributed by atoms with Crippen molar-refractivity contribution in [2.24, 2.45) is 0 Å². The summed E-state index contributed by atoms with van der Waals surface area (Å²) in [5, 5.41) is 9.35. The molecule has 2 fully saturated rings. The predicted octanol–water partition coefficient (Wildman–Crippen LogP) is 4.84. The number of carbonyl (C=O) groups is 2. The molecule has 26 heavy (non-hydrogen) atoms. The molecule has 2 aromatic carbocycles. The average molecular weight is 352 g/mol. The number of ketones is 1. The highest BCUT2D eigenvalue weighted by Gasteiger charge is 2.53. The fourth-order valence-corrected chi connectivity index (χ4v) is 4.03. The molecule has 2 aliphatic rings. The zero-order valence-electron chi connectivity index (χ0n) is 14.5. The van der Waals surface area contributed by atoms with Crippen molar-refractivity contribution >= 4 is 11.8 Å². The van der Waals surface area contributed by atoms with E-state index in [-0.39, 0.29) is 5.56 Å². The van der Waals surface area contributed by atoms with Crippen LogP contribution in [0.1, 0.15) is 55.6 Å². The third kappa shape index (κ3) is 2.94.